The lowest BCUT2D eigenvalue weighted by Crippen LogP contribution is -2.22. The first-order chi connectivity index (χ1) is 15.7. The number of halogens is 15. The molecule has 3 aromatic rings. The predicted molar refractivity (Wildman–Crippen MR) is 79.2 cm³/mol. The maximum absolute atomic E-state index is 14.4. The summed E-state index contributed by atoms with van der Waals surface area (Å²) in [7, 11) is 0. The molecule has 0 saturated carbocycles. The van der Waals surface area contributed by atoms with Crippen LogP contribution in [0, 0.1) is 93.2 Å². The zero-order valence-corrected chi connectivity index (χ0v) is 15.2. The summed E-state index contributed by atoms with van der Waals surface area (Å²) >= 11 is 0. The molecule has 0 heterocycles. The molecule has 0 saturated heterocycles. The van der Waals surface area contributed by atoms with Crippen LogP contribution in [0.5, 0.6) is 0 Å². The van der Waals surface area contributed by atoms with Gasteiger partial charge in [0.2, 0.25) is 87.3 Å². The van der Waals surface area contributed by atoms with Crippen molar-refractivity contribution < 1.29 is 65.9 Å². The molecule has 3 aromatic carbocycles. The van der Waals surface area contributed by atoms with Gasteiger partial charge >= 0.3 is 0 Å². The van der Waals surface area contributed by atoms with Crippen molar-refractivity contribution in [1.82, 2.24) is 0 Å². The van der Waals surface area contributed by atoms with E-state index in [9.17, 15) is 65.9 Å². The van der Waals surface area contributed by atoms with Gasteiger partial charge in [0, 0.05) is 0 Å². The van der Waals surface area contributed by atoms with Crippen LogP contribution in [0.4, 0.5) is 65.9 Å². The molecule has 0 bridgehead atoms. The largest absolute Gasteiger partial charge is 0.223 e. The normalized spacial score (nSPS) is 11.4. The van der Waals surface area contributed by atoms with Gasteiger partial charge in [-0.1, -0.05) is 0 Å². The van der Waals surface area contributed by atoms with E-state index < -0.39 is 110 Å². The van der Waals surface area contributed by atoms with Crippen molar-refractivity contribution >= 4 is 0 Å². The second-order valence-corrected chi connectivity index (χ2v) is 6.21. The lowest BCUT2D eigenvalue weighted by Gasteiger charge is -2.18. The first-order valence-electron chi connectivity index (χ1n) is 8.08. The predicted octanol–water partition coefficient (Wildman–Crippen LogP) is 6.79. The zero-order valence-electron chi connectivity index (χ0n) is 15.2. The minimum atomic E-state index is -3.08. The van der Waals surface area contributed by atoms with Gasteiger partial charge in [0.15, 0.2) is 0 Å². The van der Waals surface area contributed by atoms with Crippen LogP contribution in [0.3, 0.4) is 0 Å². The van der Waals surface area contributed by atoms with Gasteiger partial charge < -0.3 is 0 Å². The molecule has 180 valence electrons. The van der Waals surface area contributed by atoms with Crippen LogP contribution >= 0.6 is 0 Å². The van der Waals surface area contributed by atoms with Crippen molar-refractivity contribution in [3.8, 4) is 0 Å². The van der Waals surface area contributed by atoms with Crippen molar-refractivity contribution in [2.24, 2.45) is 0 Å². The van der Waals surface area contributed by atoms with Crippen molar-refractivity contribution in [3.05, 3.63) is 110 Å². The molecular weight excluding hydrogens is 513 g/mol. The molecule has 3 rings (SSSR count). The Morgan fingerprint density at radius 2 is 0.324 bits per heavy atom. The Hall–Kier alpha value is -3.52. The summed E-state index contributed by atoms with van der Waals surface area (Å²) in [6.07, 6.45) is 0. The fourth-order valence-electron chi connectivity index (χ4n) is 2.85. The van der Waals surface area contributed by atoms with E-state index >= 15 is 0 Å². The quantitative estimate of drug-likeness (QED) is 0.119. The monoisotopic (exact) mass is 513 g/mol. The molecule has 0 aliphatic carbocycles. The highest BCUT2D eigenvalue weighted by molar-refractivity contribution is 5.60. The second-order valence-electron chi connectivity index (χ2n) is 6.21. The van der Waals surface area contributed by atoms with E-state index in [2.05, 4.69) is 0 Å². The summed E-state index contributed by atoms with van der Waals surface area (Å²) in [6.45, 7) is 0. The molecular formula is C19F15+. The lowest BCUT2D eigenvalue weighted by atomic mass is 9.82. The summed E-state index contributed by atoms with van der Waals surface area (Å²) in [5.41, 5.74) is -8.28. The van der Waals surface area contributed by atoms with Crippen LogP contribution in [0.25, 0.3) is 0 Å². The number of benzene rings is 3. The third-order valence-electron chi connectivity index (χ3n) is 4.38. The first-order valence-corrected chi connectivity index (χ1v) is 8.08. The third kappa shape index (κ3) is 3.32. The lowest BCUT2D eigenvalue weighted by molar-refractivity contribution is 0.359. The Kier molecular flexibility index (Phi) is 6.17. The maximum Gasteiger partial charge on any atom is 0.223 e. The summed E-state index contributed by atoms with van der Waals surface area (Å²) < 4.78 is 208. The molecule has 34 heavy (non-hydrogen) atoms. The van der Waals surface area contributed by atoms with Crippen molar-refractivity contribution in [1.29, 1.82) is 0 Å². The Labute approximate surface area is 176 Å². The van der Waals surface area contributed by atoms with E-state index in [0.29, 0.717) is 0 Å². The Balaban J connectivity index is 2.68. The van der Waals surface area contributed by atoms with Crippen molar-refractivity contribution in [3.63, 3.8) is 0 Å². The molecule has 0 atom stereocenters. The molecule has 15 heteroatoms. The highest BCUT2D eigenvalue weighted by Crippen LogP contribution is 2.43. The first kappa shape index (κ1) is 25.1. The third-order valence-corrected chi connectivity index (χ3v) is 4.38. The van der Waals surface area contributed by atoms with Gasteiger partial charge in [-0.05, 0) is 0 Å². The molecule has 0 fully saturated rings. The minimum absolute atomic E-state index is 2.76. The molecule has 0 aromatic heterocycles. The second kappa shape index (κ2) is 8.36. The van der Waals surface area contributed by atoms with Crippen molar-refractivity contribution in [2.45, 2.75) is 0 Å². The van der Waals surface area contributed by atoms with Gasteiger partial charge in [-0.3, -0.25) is 0 Å². The highest BCUT2D eigenvalue weighted by atomic mass is 19.2. The molecule has 0 amide bonds. The SMILES string of the molecule is Fc1c(F)c(F)c([C+](c2c(F)c(F)c(F)c(F)c2F)c2c(F)c(F)c(F)c(F)c2F)c(F)c1F. The van der Waals surface area contributed by atoms with Crippen LogP contribution < -0.4 is 0 Å². The Morgan fingerprint density at radius 1 is 0.206 bits per heavy atom. The average Bonchev–Trinajstić information content (AvgIpc) is 2.81. The van der Waals surface area contributed by atoms with E-state index in [0.717, 1.165) is 0 Å². The number of hydrogen-bond donors (Lipinski definition) is 0. The topological polar surface area (TPSA) is 0 Å². The Morgan fingerprint density at radius 3 is 0.471 bits per heavy atom. The highest BCUT2D eigenvalue weighted by Gasteiger charge is 2.47. The van der Waals surface area contributed by atoms with Crippen LogP contribution in [0.15, 0.2) is 0 Å². The molecule has 0 radical (unpaired) electrons. The summed E-state index contributed by atoms with van der Waals surface area (Å²) in [6, 6.07) is 0. The van der Waals surface area contributed by atoms with Gasteiger partial charge in [0.05, 0.1) is 5.92 Å². The molecule has 0 unspecified atom stereocenters. The maximum atomic E-state index is 14.4. The molecule has 0 aliphatic heterocycles. The summed E-state index contributed by atoms with van der Waals surface area (Å²) in [5.74, 6) is -48.4. The average molecular weight is 513 g/mol. The van der Waals surface area contributed by atoms with Crippen LogP contribution in [-0.4, -0.2) is 0 Å². The van der Waals surface area contributed by atoms with Crippen LogP contribution in [-0.2, 0) is 0 Å². The van der Waals surface area contributed by atoms with E-state index in [-0.39, 0.29) is 0 Å². The summed E-state index contributed by atoms with van der Waals surface area (Å²) in [4.78, 5) is 0. The van der Waals surface area contributed by atoms with Gasteiger partial charge in [-0.15, -0.1) is 0 Å². The van der Waals surface area contributed by atoms with Gasteiger partial charge in [-0.2, -0.15) is 65.9 Å². The summed E-state index contributed by atoms with van der Waals surface area (Å²) in [5, 5.41) is 0. The molecule has 0 N–H and O–H groups in total. The zero-order chi connectivity index (χ0) is 26.0. The van der Waals surface area contributed by atoms with Crippen LogP contribution in [0.1, 0.15) is 16.7 Å². The van der Waals surface area contributed by atoms with Gasteiger partial charge in [0.25, 0.3) is 0 Å². The molecule has 0 nitrogen and oxygen atoms in total. The number of rotatable bonds is 3. The van der Waals surface area contributed by atoms with Gasteiger partial charge in [-0.25, -0.2) is 0 Å². The Bertz CT molecular complexity index is 1110. The molecule has 0 aliphatic rings. The van der Waals surface area contributed by atoms with E-state index in [1.54, 1.807) is 0 Å². The van der Waals surface area contributed by atoms with E-state index in [1.165, 1.54) is 0 Å². The van der Waals surface area contributed by atoms with Crippen molar-refractivity contribution in [2.75, 3.05) is 0 Å². The molecule has 0 spiro atoms. The van der Waals surface area contributed by atoms with Gasteiger partial charge in [0.1, 0.15) is 16.7 Å². The fraction of sp³-hybridized carbons (Fsp3) is 0. The number of hydrogen-bond acceptors (Lipinski definition) is 0. The van der Waals surface area contributed by atoms with E-state index in [4.69, 9.17) is 0 Å². The standard InChI is InChI=1S/C19F15/c20-5-2(6(21)12(27)17(32)11(5)26)1(3-7(22)13(28)18(33)14(29)8(3)23)4-9(24)15(30)19(34)16(31)10(4)25/q+1. The smallest absolute Gasteiger partial charge is 0.199 e. The van der Waals surface area contributed by atoms with Crippen LogP contribution in [0.2, 0.25) is 0 Å². The fourth-order valence-corrected chi connectivity index (χ4v) is 2.85. The minimum Gasteiger partial charge on any atom is -0.199 e. The van der Waals surface area contributed by atoms with E-state index in [1.807, 2.05) is 0 Å².